The van der Waals surface area contributed by atoms with Crippen molar-refractivity contribution in [1.29, 1.82) is 0 Å². The average Bonchev–Trinajstić information content (AvgIpc) is 2.53. The molecule has 2 aromatic rings. The van der Waals surface area contributed by atoms with E-state index in [1.807, 2.05) is 0 Å². The minimum atomic E-state index is -1.31. The first-order valence-corrected chi connectivity index (χ1v) is 7.41. The number of Topliss-reactive ketones (excluding diaryl/α,β-unsaturated/α-hetero) is 1. The number of carboxylic acid groups (broad SMARTS) is 1. The van der Waals surface area contributed by atoms with Gasteiger partial charge in [0, 0.05) is 16.1 Å². The molecule has 0 spiro atoms. The molecule has 0 aliphatic rings. The fourth-order valence-electron chi connectivity index (χ4n) is 2.12. The topological polar surface area (TPSA) is 73.8 Å². The van der Waals surface area contributed by atoms with E-state index in [4.69, 9.17) is 11.6 Å². The molecule has 0 radical (unpaired) electrons. The number of quaternary nitrogens is 1. The lowest BCUT2D eigenvalue weighted by molar-refractivity contribution is -0.697. The molecule has 6 heteroatoms. The summed E-state index contributed by atoms with van der Waals surface area (Å²) in [7, 11) is 0. The van der Waals surface area contributed by atoms with E-state index in [1.165, 1.54) is 29.6 Å². The number of carbonyl (C=O) groups is 2. The maximum Gasteiger partial charge on any atom is 0.169 e. The SMILES string of the molecule is O=C(C[C@@H]([NH2+]Cc1ccc(Cl)cc1)C(=O)[O-])c1ccc(F)cc1. The number of nitrogens with two attached hydrogens (primary N) is 1. The number of ketones is 1. The molecule has 0 amide bonds. The van der Waals surface area contributed by atoms with Gasteiger partial charge in [-0.1, -0.05) is 23.7 Å². The Morgan fingerprint density at radius 1 is 1.09 bits per heavy atom. The number of benzene rings is 2. The summed E-state index contributed by atoms with van der Waals surface area (Å²) in [5.74, 6) is -2.13. The Labute approximate surface area is 137 Å². The quantitative estimate of drug-likeness (QED) is 0.765. The summed E-state index contributed by atoms with van der Waals surface area (Å²) in [6.45, 7) is 0.381. The van der Waals surface area contributed by atoms with E-state index in [2.05, 4.69) is 0 Å². The molecule has 2 rings (SSSR count). The van der Waals surface area contributed by atoms with Gasteiger partial charge in [-0.25, -0.2) is 4.39 Å². The van der Waals surface area contributed by atoms with Crippen molar-refractivity contribution in [2.24, 2.45) is 0 Å². The van der Waals surface area contributed by atoms with Crippen LogP contribution < -0.4 is 10.4 Å². The maximum absolute atomic E-state index is 12.8. The van der Waals surface area contributed by atoms with Crippen molar-refractivity contribution < 1.29 is 24.4 Å². The van der Waals surface area contributed by atoms with E-state index in [0.29, 0.717) is 11.6 Å². The highest BCUT2D eigenvalue weighted by molar-refractivity contribution is 6.30. The van der Waals surface area contributed by atoms with E-state index in [1.54, 1.807) is 24.3 Å². The summed E-state index contributed by atoms with van der Waals surface area (Å²) in [5, 5.41) is 13.3. The first-order chi connectivity index (χ1) is 11.0. The van der Waals surface area contributed by atoms with Gasteiger partial charge in [0.05, 0.1) is 12.4 Å². The second kappa shape index (κ2) is 7.85. The number of carbonyl (C=O) groups excluding carboxylic acids is 2. The van der Waals surface area contributed by atoms with Crippen LogP contribution in [-0.4, -0.2) is 17.8 Å². The van der Waals surface area contributed by atoms with Gasteiger partial charge in [0.15, 0.2) is 5.78 Å². The Bertz CT molecular complexity index is 686. The summed E-state index contributed by atoms with van der Waals surface area (Å²) in [4.78, 5) is 23.3. The number of halogens is 2. The predicted molar refractivity (Wildman–Crippen MR) is 81.2 cm³/mol. The first-order valence-electron chi connectivity index (χ1n) is 7.03. The molecule has 0 heterocycles. The van der Waals surface area contributed by atoms with Crippen LogP contribution in [0.3, 0.4) is 0 Å². The zero-order valence-corrected chi connectivity index (χ0v) is 12.9. The minimum absolute atomic E-state index is 0.221. The van der Waals surface area contributed by atoms with Crippen LogP contribution in [0.1, 0.15) is 22.3 Å². The standard InChI is InChI=1S/C17H15ClFNO3/c18-13-5-1-11(2-6-13)10-20-15(17(22)23)9-16(21)12-3-7-14(19)8-4-12/h1-8,15,20H,9-10H2,(H,22,23)/t15-/m1/s1. The molecule has 0 aromatic heterocycles. The van der Waals surface area contributed by atoms with Crippen molar-refractivity contribution in [2.45, 2.75) is 19.0 Å². The molecule has 4 nitrogen and oxygen atoms in total. The second-order valence-corrected chi connectivity index (χ2v) is 5.56. The monoisotopic (exact) mass is 335 g/mol. The van der Waals surface area contributed by atoms with Crippen LogP contribution in [0.25, 0.3) is 0 Å². The van der Waals surface area contributed by atoms with E-state index in [-0.39, 0.29) is 17.8 Å². The van der Waals surface area contributed by atoms with Gasteiger partial charge < -0.3 is 15.2 Å². The smallest absolute Gasteiger partial charge is 0.169 e. The molecule has 1 atom stereocenters. The lowest BCUT2D eigenvalue weighted by Gasteiger charge is -2.16. The molecular formula is C17H15ClFNO3. The fourth-order valence-corrected chi connectivity index (χ4v) is 2.24. The molecule has 0 saturated carbocycles. The number of hydrogen-bond acceptors (Lipinski definition) is 3. The zero-order valence-electron chi connectivity index (χ0n) is 12.2. The summed E-state index contributed by atoms with van der Waals surface area (Å²) in [5.41, 5.74) is 1.16. The Kier molecular flexibility index (Phi) is 5.84. The van der Waals surface area contributed by atoms with Crippen molar-refractivity contribution in [1.82, 2.24) is 0 Å². The van der Waals surface area contributed by atoms with Crippen molar-refractivity contribution in [2.75, 3.05) is 0 Å². The molecule has 0 unspecified atom stereocenters. The highest BCUT2D eigenvalue weighted by Gasteiger charge is 2.19. The van der Waals surface area contributed by atoms with E-state index in [0.717, 1.165) is 5.56 Å². The molecule has 0 bridgehead atoms. The van der Waals surface area contributed by atoms with Gasteiger partial charge in [0.2, 0.25) is 0 Å². The van der Waals surface area contributed by atoms with Crippen LogP contribution in [0.15, 0.2) is 48.5 Å². The third-order valence-electron chi connectivity index (χ3n) is 3.43. The molecule has 120 valence electrons. The van der Waals surface area contributed by atoms with Crippen molar-refractivity contribution in [3.63, 3.8) is 0 Å². The molecule has 0 aliphatic heterocycles. The number of hydrogen-bond donors (Lipinski definition) is 1. The highest BCUT2D eigenvalue weighted by Crippen LogP contribution is 2.09. The summed E-state index contributed by atoms with van der Waals surface area (Å²) >= 11 is 5.79. The van der Waals surface area contributed by atoms with Gasteiger partial charge in [-0.05, 0) is 36.4 Å². The van der Waals surface area contributed by atoms with Crippen LogP contribution in [0.5, 0.6) is 0 Å². The van der Waals surface area contributed by atoms with Gasteiger partial charge in [0.25, 0.3) is 0 Å². The van der Waals surface area contributed by atoms with Crippen molar-refractivity contribution in [3.05, 3.63) is 70.5 Å². The van der Waals surface area contributed by atoms with Crippen molar-refractivity contribution in [3.8, 4) is 0 Å². The second-order valence-electron chi connectivity index (χ2n) is 5.13. The maximum atomic E-state index is 12.8. The Balaban J connectivity index is 1.98. The van der Waals surface area contributed by atoms with Gasteiger partial charge >= 0.3 is 0 Å². The minimum Gasteiger partial charge on any atom is -0.544 e. The number of carboxylic acids is 1. The molecule has 23 heavy (non-hydrogen) atoms. The Morgan fingerprint density at radius 2 is 1.70 bits per heavy atom. The first kappa shape index (κ1) is 17.1. The largest absolute Gasteiger partial charge is 0.544 e. The third kappa shape index (κ3) is 5.16. The van der Waals surface area contributed by atoms with E-state index < -0.39 is 17.8 Å². The third-order valence-corrected chi connectivity index (χ3v) is 3.68. The van der Waals surface area contributed by atoms with E-state index >= 15 is 0 Å². The van der Waals surface area contributed by atoms with E-state index in [9.17, 15) is 19.1 Å². The predicted octanol–water partition coefficient (Wildman–Crippen LogP) is 0.934. The summed E-state index contributed by atoms with van der Waals surface area (Å²) < 4.78 is 12.8. The molecule has 2 aromatic carbocycles. The van der Waals surface area contributed by atoms with Crippen LogP contribution >= 0.6 is 11.6 Å². The lowest BCUT2D eigenvalue weighted by atomic mass is 10.0. The van der Waals surface area contributed by atoms with Crippen LogP contribution in [0, 0.1) is 5.82 Å². The highest BCUT2D eigenvalue weighted by atomic mass is 35.5. The molecule has 0 saturated heterocycles. The van der Waals surface area contributed by atoms with Crippen molar-refractivity contribution >= 4 is 23.4 Å². The molecule has 0 fully saturated rings. The molecule has 0 aliphatic carbocycles. The summed E-state index contributed by atoms with van der Waals surface area (Å²) in [6, 6.07) is 11.0. The van der Waals surface area contributed by atoms with Gasteiger partial charge in [0.1, 0.15) is 18.4 Å². The fraction of sp³-hybridized carbons (Fsp3) is 0.176. The van der Waals surface area contributed by atoms with Gasteiger partial charge in [-0.15, -0.1) is 0 Å². The normalized spacial score (nSPS) is 11.9. The Morgan fingerprint density at radius 3 is 2.26 bits per heavy atom. The van der Waals surface area contributed by atoms with Crippen LogP contribution in [0.4, 0.5) is 4.39 Å². The average molecular weight is 336 g/mol. The molecular weight excluding hydrogens is 321 g/mol. The summed E-state index contributed by atoms with van der Waals surface area (Å²) in [6.07, 6.45) is -0.221. The lowest BCUT2D eigenvalue weighted by Crippen LogP contribution is -2.92. The number of rotatable bonds is 7. The zero-order chi connectivity index (χ0) is 16.8. The van der Waals surface area contributed by atoms with Gasteiger partial charge in [-0.2, -0.15) is 0 Å². The Hall–Kier alpha value is -2.24. The molecule has 2 N–H and O–H groups in total. The number of aliphatic carboxylic acids is 1. The van der Waals surface area contributed by atoms with Crippen LogP contribution in [0.2, 0.25) is 5.02 Å². The van der Waals surface area contributed by atoms with Crippen LogP contribution in [-0.2, 0) is 11.3 Å². The van der Waals surface area contributed by atoms with Gasteiger partial charge in [-0.3, -0.25) is 4.79 Å².